The van der Waals surface area contributed by atoms with Gasteiger partial charge in [-0.05, 0) is 56.9 Å². The maximum atomic E-state index is 12.7. The Kier molecular flexibility index (Phi) is 6.13. The summed E-state index contributed by atoms with van der Waals surface area (Å²) in [7, 11) is 0. The Labute approximate surface area is 160 Å². The second-order valence-electron chi connectivity index (χ2n) is 8.12. The molecule has 1 unspecified atom stereocenters. The van der Waals surface area contributed by atoms with Crippen LogP contribution in [-0.4, -0.2) is 36.1 Å². The molecule has 3 amide bonds. The predicted octanol–water partition coefficient (Wildman–Crippen LogP) is 3.08. The quantitative estimate of drug-likeness (QED) is 0.846. The van der Waals surface area contributed by atoms with Crippen molar-refractivity contribution in [3.8, 4) is 0 Å². The molecule has 0 aromatic heterocycles. The van der Waals surface area contributed by atoms with Crippen LogP contribution in [0.15, 0.2) is 18.2 Å². The fourth-order valence-electron chi connectivity index (χ4n) is 3.00. The van der Waals surface area contributed by atoms with E-state index in [0.717, 1.165) is 17.7 Å². The largest absolute Gasteiger partial charge is 0.444 e. The van der Waals surface area contributed by atoms with Crippen LogP contribution in [0.25, 0.3) is 0 Å². The molecule has 1 atom stereocenters. The van der Waals surface area contributed by atoms with E-state index in [4.69, 9.17) is 4.74 Å². The Hall–Kier alpha value is -2.57. The van der Waals surface area contributed by atoms with Gasteiger partial charge in [0.05, 0.1) is 0 Å². The zero-order chi connectivity index (χ0) is 20.4. The monoisotopic (exact) mass is 375 g/mol. The third-order valence-corrected chi connectivity index (χ3v) is 4.24. The molecule has 148 valence electrons. The lowest BCUT2D eigenvalue weighted by molar-refractivity contribution is -0.119. The van der Waals surface area contributed by atoms with Crippen LogP contribution in [0.1, 0.15) is 47.1 Å². The van der Waals surface area contributed by atoms with E-state index >= 15 is 0 Å². The van der Waals surface area contributed by atoms with Crippen LogP contribution in [0.2, 0.25) is 0 Å². The summed E-state index contributed by atoms with van der Waals surface area (Å²) in [6.45, 7) is 11.2. The Balaban J connectivity index is 2.08. The molecule has 1 aromatic rings. The van der Waals surface area contributed by atoms with Crippen LogP contribution in [0, 0.1) is 5.92 Å². The number of hydrogen-bond acceptors (Lipinski definition) is 4. The SMILES string of the molecule is CC(=O)N1CCc2cc(NC(=O)C(NC(=O)OC(C)(C)C)C(C)C)ccc21. The van der Waals surface area contributed by atoms with E-state index in [0.29, 0.717) is 12.2 Å². The molecular formula is C20H29N3O4. The van der Waals surface area contributed by atoms with E-state index in [1.807, 2.05) is 26.0 Å². The number of nitrogens with zero attached hydrogens (tertiary/aromatic N) is 1. The standard InChI is InChI=1S/C20H29N3O4/c1-12(2)17(22-19(26)27-20(4,5)6)18(25)21-15-7-8-16-14(11-15)9-10-23(16)13(3)24/h7-8,11-12,17H,9-10H2,1-6H3,(H,21,25)(H,22,26). The fraction of sp³-hybridized carbons (Fsp3) is 0.550. The van der Waals surface area contributed by atoms with E-state index in [9.17, 15) is 14.4 Å². The van der Waals surface area contributed by atoms with Crippen molar-refractivity contribution < 1.29 is 19.1 Å². The highest BCUT2D eigenvalue weighted by molar-refractivity contribution is 5.98. The van der Waals surface area contributed by atoms with Gasteiger partial charge in [-0.3, -0.25) is 9.59 Å². The number of fused-ring (bicyclic) bond motifs is 1. The number of nitrogens with one attached hydrogen (secondary N) is 2. The van der Waals surface area contributed by atoms with Gasteiger partial charge < -0.3 is 20.3 Å². The molecule has 27 heavy (non-hydrogen) atoms. The highest BCUT2D eigenvalue weighted by atomic mass is 16.6. The summed E-state index contributed by atoms with van der Waals surface area (Å²) in [6, 6.07) is 4.76. The van der Waals surface area contributed by atoms with Gasteiger partial charge in [0.1, 0.15) is 11.6 Å². The van der Waals surface area contributed by atoms with Crippen molar-refractivity contribution in [2.24, 2.45) is 5.92 Å². The first-order valence-corrected chi connectivity index (χ1v) is 9.19. The lowest BCUT2D eigenvalue weighted by Crippen LogP contribution is -2.48. The van der Waals surface area contributed by atoms with Crippen molar-refractivity contribution in [1.29, 1.82) is 0 Å². The van der Waals surface area contributed by atoms with Crippen LogP contribution in [0.3, 0.4) is 0 Å². The van der Waals surface area contributed by atoms with Crippen molar-refractivity contribution in [2.45, 2.75) is 59.6 Å². The first kappa shape index (κ1) is 20.7. The lowest BCUT2D eigenvalue weighted by Gasteiger charge is -2.25. The van der Waals surface area contributed by atoms with E-state index in [1.165, 1.54) is 0 Å². The van der Waals surface area contributed by atoms with Crippen LogP contribution >= 0.6 is 0 Å². The fourth-order valence-corrected chi connectivity index (χ4v) is 3.00. The number of benzene rings is 1. The molecule has 1 heterocycles. The molecule has 2 rings (SSSR count). The molecule has 7 nitrogen and oxygen atoms in total. The molecule has 0 fully saturated rings. The van der Waals surface area contributed by atoms with Crippen molar-refractivity contribution >= 4 is 29.3 Å². The highest BCUT2D eigenvalue weighted by Gasteiger charge is 2.28. The zero-order valence-electron chi connectivity index (χ0n) is 16.9. The zero-order valence-corrected chi connectivity index (χ0v) is 16.9. The van der Waals surface area contributed by atoms with Gasteiger partial charge >= 0.3 is 6.09 Å². The molecule has 2 N–H and O–H groups in total. The van der Waals surface area contributed by atoms with Crippen LogP contribution in [0.5, 0.6) is 0 Å². The van der Waals surface area contributed by atoms with Crippen LogP contribution in [-0.2, 0) is 20.7 Å². The Morgan fingerprint density at radius 3 is 2.41 bits per heavy atom. The number of ether oxygens (including phenoxy) is 1. The normalized spacial score (nSPS) is 14.6. The third-order valence-electron chi connectivity index (χ3n) is 4.24. The summed E-state index contributed by atoms with van der Waals surface area (Å²) < 4.78 is 5.25. The number of hydrogen-bond donors (Lipinski definition) is 2. The topological polar surface area (TPSA) is 87.7 Å². The van der Waals surface area contributed by atoms with Gasteiger partial charge in [-0.25, -0.2) is 4.79 Å². The first-order valence-electron chi connectivity index (χ1n) is 9.19. The average molecular weight is 375 g/mol. The molecule has 7 heteroatoms. The maximum absolute atomic E-state index is 12.7. The number of alkyl carbamates (subject to hydrolysis) is 1. The van der Waals surface area contributed by atoms with Crippen LogP contribution < -0.4 is 15.5 Å². The summed E-state index contributed by atoms with van der Waals surface area (Å²) in [5.41, 5.74) is 1.91. The van der Waals surface area contributed by atoms with Crippen LogP contribution in [0.4, 0.5) is 16.2 Å². The summed E-state index contributed by atoms with van der Waals surface area (Å²) in [5.74, 6) is -0.413. The van der Waals surface area contributed by atoms with Gasteiger partial charge in [-0.15, -0.1) is 0 Å². The molecule has 0 spiro atoms. The van der Waals surface area contributed by atoms with Gasteiger partial charge in [0.2, 0.25) is 11.8 Å². The molecule has 0 bridgehead atoms. The van der Waals surface area contributed by atoms with E-state index in [2.05, 4.69) is 10.6 Å². The summed E-state index contributed by atoms with van der Waals surface area (Å²) in [5, 5.41) is 5.49. The number of amides is 3. The Bertz CT molecular complexity index is 737. The molecule has 0 saturated heterocycles. The van der Waals surface area contributed by atoms with Gasteiger partial charge in [0.25, 0.3) is 0 Å². The number of rotatable bonds is 4. The van der Waals surface area contributed by atoms with Crippen molar-refractivity contribution in [2.75, 3.05) is 16.8 Å². The van der Waals surface area contributed by atoms with E-state index in [-0.39, 0.29) is 17.7 Å². The number of anilines is 2. The Morgan fingerprint density at radius 1 is 1.19 bits per heavy atom. The molecule has 1 aliphatic heterocycles. The van der Waals surface area contributed by atoms with E-state index in [1.54, 1.807) is 38.7 Å². The third kappa shape index (κ3) is 5.45. The second-order valence-corrected chi connectivity index (χ2v) is 8.12. The molecule has 0 aliphatic carbocycles. The Morgan fingerprint density at radius 2 is 1.85 bits per heavy atom. The minimum absolute atomic E-state index is 0.00645. The van der Waals surface area contributed by atoms with Crippen molar-refractivity contribution in [3.05, 3.63) is 23.8 Å². The van der Waals surface area contributed by atoms with Gasteiger partial charge in [-0.1, -0.05) is 13.8 Å². The molecule has 0 radical (unpaired) electrons. The first-order chi connectivity index (χ1) is 12.5. The molecule has 1 aromatic carbocycles. The molecular weight excluding hydrogens is 346 g/mol. The smallest absolute Gasteiger partial charge is 0.408 e. The lowest BCUT2D eigenvalue weighted by atomic mass is 10.0. The van der Waals surface area contributed by atoms with Crippen molar-refractivity contribution in [3.63, 3.8) is 0 Å². The number of carbonyl (C=O) groups excluding carboxylic acids is 3. The maximum Gasteiger partial charge on any atom is 0.408 e. The summed E-state index contributed by atoms with van der Waals surface area (Å²) in [6.07, 6.45) is 0.130. The second kappa shape index (κ2) is 7.98. The highest BCUT2D eigenvalue weighted by Crippen LogP contribution is 2.30. The molecule has 0 saturated carbocycles. The van der Waals surface area contributed by atoms with Gasteiger partial charge in [0.15, 0.2) is 0 Å². The van der Waals surface area contributed by atoms with Crippen molar-refractivity contribution in [1.82, 2.24) is 5.32 Å². The summed E-state index contributed by atoms with van der Waals surface area (Å²) in [4.78, 5) is 38.1. The van der Waals surface area contributed by atoms with E-state index < -0.39 is 17.7 Å². The van der Waals surface area contributed by atoms with Gasteiger partial charge in [0, 0.05) is 24.8 Å². The average Bonchev–Trinajstić information content (AvgIpc) is 2.93. The summed E-state index contributed by atoms with van der Waals surface area (Å²) >= 11 is 0. The minimum atomic E-state index is -0.721. The predicted molar refractivity (Wildman–Crippen MR) is 105 cm³/mol. The molecule has 1 aliphatic rings. The van der Waals surface area contributed by atoms with Gasteiger partial charge in [-0.2, -0.15) is 0 Å². The minimum Gasteiger partial charge on any atom is -0.444 e. The number of carbonyl (C=O) groups is 3.